The quantitative estimate of drug-likeness (QED) is 0.497. The van der Waals surface area contributed by atoms with Gasteiger partial charge in [0.25, 0.3) is 5.91 Å². The van der Waals surface area contributed by atoms with E-state index in [1.807, 2.05) is 67.7 Å². The minimum Gasteiger partial charge on any atom is -0.352 e. The number of benzene rings is 2. The maximum absolute atomic E-state index is 12.4. The molecule has 0 saturated carbocycles. The fourth-order valence-corrected chi connectivity index (χ4v) is 3.47. The summed E-state index contributed by atoms with van der Waals surface area (Å²) in [6, 6.07) is 28.0. The lowest BCUT2D eigenvalue weighted by Gasteiger charge is -2.09. The lowest BCUT2D eigenvalue weighted by Crippen LogP contribution is -2.25. The third-order valence-electron chi connectivity index (χ3n) is 5.37. The summed E-state index contributed by atoms with van der Waals surface area (Å²) in [6.45, 7) is 2.70. The Morgan fingerprint density at radius 1 is 0.867 bits per heavy atom. The van der Waals surface area contributed by atoms with E-state index in [1.165, 1.54) is 11.3 Å². The predicted octanol–water partition coefficient (Wildman–Crippen LogP) is 5.04. The minimum absolute atomic E-state index is 0.0570. The maximum atomic E-state index is 12.4. The third-order valence-corrected chi connectivity index (χ3v) is 5.37. The molecule has 30 heavy (non-hydrogen) atoms. The lowest BCUT2D eigenvalue weighted by molar-refractivity contribution is 0.0954. The average Bonchev–Trinajstić information content (AvgIpc) is 3.13. The first kappa shape index (κ1) is 19.6. The summed E-state index contributed by atoms with van der Waals surface area (Å²) < 4.78 is 2.13. The van der Waals surface area contributed by atoms with Crippen LogP contribution in [0.15, 0.2) is 84.9 Å². The lowest BCUT2D eigenvalue weighted by atomic mass is 10.1. The van der Waals surface area contributed by atoms with Gasteiger partial charge in [-0.3, -0.25) is 4.79 Å². The van der Waals surface area contributed by atoms with Crippen LogP contribution in [0.4, 0.5) is 0 Å². The van der Waals surface area contributed by atoms with E-state index in [0.29, 0.717) is 12.1 Å². The molecular weight excluding hydrogens is 370 g/mol. The Morgan fingerprint density at radius 3 is 2.30 bits per heavy atom. The van der Waals surface area contributed by atoms with Crippen LogP contribution in [0.25, 0.3) is 22.6 Å². The molecule has 150 valence electrons. The van der Waals surface area contributed by atoms with Gasteiger partial charge >= 0.3 is 0 Å². The smallest absolute Gasteiger partial charge is 0.251 e. The second-order valence-corrected chi connectivity index (χ2v) is 7.40. The highest BCUT2D eigenvalue weighted by Crippen LogP contribution is 2.24. The van der Waals surface area contributed by atoms with E-state index in [9.17, 15) is 4.79 Å². The van der Waals surface area contributed by atoms with Gasteiger partial charge in [0.2, 0.25) is 0 Å². The number of carbonyl (C=O) groups excluding carboxylic acids is 1. The maximum Gasteiger partial charge on any atom is 0.251 e. The molecule has 4 nitrogen and oxygen atoms in total. The van der Waals surface area contributed by atoms with Crippen molar-refractivity contribution in [3.63, 3.8) is 0 Å². The van der Waals surface area contributed by atoms with E-state index >= 15 is 0 Å². The van der Waals surface area contributed by atoms with Gasteiger partial charge < -0.3 is 9.88 Å². The molecule has 0 aliphatic rings. The molecule has 0 aliphatic carbocycles. The van der Waals surface area contributed by atoms with Crippen molar-refractivity contribution < 1.29 is 4.79 Å². The van der Waals surface area contributed by atoms with Gasteiger partial charge in [-0.15, -0.1) is 0 Å². The van der Waals surface area contributed by atoms with Crippen molar-refractivity contribution >= 4 is 5.91 Å². The molecule has 0 radical (unpaired) electrons. The van der Waals surface area contributed by atoms with Crippen LogP contribution < -0.4 is 5.32 Å². The van der Waals surface area contributed by atoms with E-state index < -0.39 is 0 Å². The monoisotopic (exact) mass is 395 g/mol. The van der Waals surface area contributed by atoms with Crippen LogP contribution >= 0.6 is 0 Å². The molecule has 1 N–H and O–H groups in total. The van der Waals surface area contributed by atoms with Gasteiger partial charge in [-0.05, 0) is 55.3 Å². The number of nitrogens with zero attached hydrogens (tertiary/aromatic N) is 2. The van der Waals surface area contributed by atoms with Crippen molar-refractivity contribution in [3.05, 3.63) is 102 Å². The van der Waals surface area contributed by atoms with Gasteiger partial charge in [0.15, 0.2) is 0 Å². The second kappa shape index (κ2) is 8.78. The molecule has 4 heteroatoms. The van der Waals surface area contributed by atoms with Crippen LogP contribution in [0.3, 0.4) is 0 Å². The fourth-order valence-electron chi connectivity index (χ4n) is 3.47. The van der Waals surface area contributed by atoms with E-state index in [2.05, 4.69) is 41.1 Å². The Labute approximate surface area is 177 Å². The van der Waals surface area contributed by atoms with E-state index in [4.69, 9.17) is 4.98 Å². The number of nitrogens with one attached hydrogen (secondary N) is 1. The van der Waals surface area contributed by atoms with Gasteiger partial charge in [0.05, 0.1) is 17.1 Å². The molecule has 0 saturated heterocycles. The first-order valence-electron chi connectivity index (χ1n) is 10.1. The number of aryl methyl sites for hydroxylation is 1. The fraction of sp³-hybridized carbons (Fsp3) is 0.154. The van der Waals surface area contributed by atoms with E-state index in [1.54, 1.807) is 0 Å². The van der Waals surface area contributed by atoms with Crippen molar-refractivity contribution in [2.45, 2.75) is 13.3 Å². The molecule has 4 aromatic rings. The zero-order valence-electron chi connectivity index (χ0n) is 17.3. The Hall–Kier alpha value is -3.66. The first-order chi connectivity index (χ1) is 14.6. The highest BCUT2D eigenvalue weighted by Gasteiger charge is 2.09. The van der Waals surface area contributed by atoms with Gasteiger partial charge in [0, 0.05) is 30.4 Å². The van der Waals surface area contributed by atoms with Crippen LogP contribution in [-0.4, -0.2) is 22.0 Å². The molecule has 2 aromatic heterocycles. The van der Waals surface area contributed by atoms with Crippen LogP contribution in [0.2, 0.25) is 0 Å². The summed E-state index contributed by atoms with van der Waals surface area (Å²) in [4.78, 5) is 17.3. The SMILES string of the molecule is Cc1ccc(-c2cccc(-c3ccc(C(=O)NCCc4ccccc4)cc3)n2)n1C. The van der Waals surface area contributed by atoms with Crippen molar-refractivity contribution in [2.75, 3.05) is 6.54 Å². The van der Waals surface area contributed by atoms with Crippen molar-refractivity contribution in [1.82, 2.24) is 14.9 Å². The molecule has 0 unspecified atom stereocenters. The van der Waals surface area contributed by atoms with Gasteiger partial charge in [-0.25, -0.2) is 4.98 Å². The van der Waals surface area contributed by atoms with Gasteiger partial charge in [0.1, 0.15) is 0 Å². The summed E-state index contributed by atoms with van der Waals surface area (Å²) in [6.07, 6.45) is 0.819. The van der Waals surface area contributed by atoms with Crippen molar-refractivity contribution in [3.8, 4) is 22.6 Å². The second-order valence-electron chi connectivity index (χ2n) is 7.40. The topological polar surface area (TPSA) is 46.9 Å². The number of rotatable bonds is 6. The summed E-state index contributed by atoms with van der Waals surface area (Å²) in [7, 11) is 2.05. The first-order valence-corrected chi connectivity index (χ1v) is 10.1. The Balaban J connectivity index is 1.44. The molecule has 0 atom stereocenters. The Morgan fingerprint density at radius 2 is 1.60 bits per heavy atom. The molecule has 0 bridgehead atoms. The molecule has 0 spiro atoms. The number of carbonyl (C=O) groups is 1. The predicted molar refractivity (Wildman–Crippen MR) is 121 cm³/mol. The van der Waals surface area contributed by atoms with E-state index in [-0.39, 0.29) is 5.91 Å². The van der Waals surface area contributed by atoms with Crippen LogP contribution in [0.5, 0.6) is 0 Å². The van der Waals surface area contributed by atoms with Crippen LogP contribution in [0, 0.1) is 6.92 Å². The number of hydrogen-bond acceptors (Lipinski definition) is 2. The van der Waals surface area contributed by atoms with Gasteiger partial charge in [-0.2, -0.15) is 0 Å². The summed E-state index contributed by atoms with van der Waals surface area (Å²) in [5.41, 5.74) is 6.97. The van der Waals surface area contributed by atoms with Crippen LogP contribution in [-0.2, 0) is 13.5 Å². The van der Waals surface area contributed by atoms with Crippen molar-refractivity contribution in [1.29, 1.82) is 0 Å². The normalized spacial score (nSPS) is 10.7. The summed E-state index contributed by atoms with van der Waals surface area (Å²) >= 11 is 0. The highest BCUT2D eigenvalue weighted by atomic mass is 16.1. The average molecular weight is 396 g/mol. The van der Waals surface area contributed by atoms with Gasteiger partial charge in [-0.1, -0.05) is 48.5 Å². The molecular formula is C26H25N3O. The van der Waals surface area contributed by atoms with Crippen molar-refractivity contribution in [2.24, 2.45) is 7.05 Å². The highest BCUT2D eigenvalue weighted by molar-refractivity contribution is 5.94. The largest absolute Gasteiger partial charge is 0.352 e. The molecule has 4 rings (SSSR count). The molecule has 0 aliphatic heterocycles. The minimum atomic E-state index is -0.0570. The molecule has 0 fully saturated rings. The summed E-state index contributed by atoms with van der Waals surface area (Å²) in [5, 5.41) is 2.99. The number of hydrogen-bond donors (Lipinski definition) is 1. The third kappa shape index (κ3) is 4.33. The summed E-state index contributed by atoms with van der Waals surface area (Å²) in [5.74, 6) is -0.0570. The zero-order valence-corrected chi connectivity index (χ0v) is 17.3. The number of aromatic nitrogens is 2. The number of amides is 1. The molecule has 2 aromatic carbocycles. The number of pyridine rings is 1. The molecule has 2 heterocycles. The van der Waals surface area contributed by atoms with Crippen LogP contribution in [0.1, 0.15) is 21.6 Å². The Kier molecular flexibility index (Phi) is 5.75. The molecule has 1 amide bonds. The van der Waals surface area contributed by atoms with E-state index in [0.717, 1.165) is 29.1 Å². The standard InChI is InChI=1S/C26H25N3O/c1-19-11-16-25(29(19)2)24-10-6-9-23(28-24)21-12-14-22(15-13-21)26(30)27-18-17-20-7-4-3-5-8-20/h3-16H,17-18H2,1-2H3,(H,27,30). The Bertz CT molecular complexity index is 1140. The zero-order chi connectivity index (χ0) is 20.9.